The van der Waals surface area contributed by atoms with E-state index in [-0.39, 0.29) is 10.5 Å². The fraction of sp³-hybridized carbons (Fsp3) is 0.188. The van der Waals surface area contributed by atoms with E-state index >= 15 is 0 Å². The molecule has 0 aliphatic rings. The van der Waals surface area contributed by atoms with Crippen molar-refractivity contribution in [1.29, 1.82) is 0 Å². The Balaban J connectivity index is 2.07. The number of hydrogen-bond donors (Lipinski definition) is 1. The minimum absolute atomic E-state index is 0.0823. The van der Waals surface area contributed by atoms with Gasteiger partial charge >= 0.3 is 5.76 Å². The third-order valence-electron chi connectivity index (χ3n) is 3.70. The second kappa shape index (κ2) is 6.03. The summed E-state index contributed by atoms with van der Waals surface area (Å²) in [5.41, 5.74) is 1.82. The Morgan fingerprint density at radius 3 is 2.67 bits per heavy atom. The highest BCUT2D eigenvalue weighted by Gasteiger charge is 2.20. The van der Waals surface area contributed by atoms with Crippen LogP contribution in [0.25, 0.3) is 11.1 Å². The van der Waals surface area contributed by atoms with E-state index in [4.69, 9.17) is 4.42 Å². The summed E-state index contributed by atoms with van der Waals surface area (Å²) in [6, 6.07) is 10.2. The van der Waals surface area contributed by atoms with Gasteiger partial charge in [0.2, 0.25) is 0 Å². The van der Waals surface area contributed by atoms with Crippen molar-refractivity contribution >= 4 is 38.6 Å². The number of hydrogen-bond acceptors (Lipinski definition) is 5. The number of oxazole rings is 1. The van der Waals surface area contributed by atoms with Gasteiger partial charge in [-0.2, -0.15) is 0 Å². The molecule has 0 bridgehead atoms. The van der Waals surface area contributed by atoms with Gasteiger partial charge in [0.1, 0.15) is 0 Å². The van der Waals surface area contributed by atoms with Crippen LogP contribution in [0.15, 0.2) is 55.4 Å². The predicted octanol–water partition coefficient (Wildman–Crippen LogP) is 2.96. The summed E-state index contributed by atoms with van der Waals surface area (Å²) in [5.74, 6) is -0.528. The van der Waals surface area contributed by atoms with Crippen LogP contribution in [-0.4, -0.2) is 19.2 Å². The molecule has 1 N–H and O–H groups in total. The Morgan fingerprint density at radius 1 is 1.21 bits per heavy atom. The van der Waals surface area contributed by atoms with Gasteiger partial charge in [-0.25, -0.2) is 13.2 Å². The molecule has 0 aliphatic carbocycles. The maximum Gasteiger partial charge on any atom is 0.419 e. The van der Waals surface area contributed by atoms with Gasteiger partial charge in [-0.3, -0.25) is 9.29 Å². The highest BCUT2D eigenvalue weighted by atomic mass is 32.2. The summed E-state index contributed by atoms with van der Waals surface area (Å²) in [4.78, 5) is 12.6. The molecule has 1 aromatic heterocycles. The van der Waals surface area contributed by atoms with E-state index < -0.39 is 15.8 Å². The van der Waals surface area contributed by atoms with Crippen LogP contribution in [0.3, 0.4) is 0 Å². The average Bonchev–Trinajstić information content (AvgIpc) is 2.81. The lowest BCUT2D eigenvalue weighted by molar-refractivity contribution is 0.527. The van der Waals surface area contributed by atoms with Crippen molar-refractivity contribution in [2.45, 2.75) is 16.7 Å². The van der Waals surface area contributed by atoms with Crippen LogP contribution in [0, 0.1) is 6.92 Å². The number of anilines is 1. The van der Waals surface area contributed by atoms with Crippen molar-refractivity contribution in [1.82, 2.24) is 4.57 Å². The van der Waals surface area contributed by atoms with Crippen LogP contribution in [0.2, 0.25) is 0 Å². The Morgan fingerprint density at radius 2 is 1.96 bits per heavy atom. The molecule has 3 aromatic rings. The first kappa shape index (κ1) is 16.7. The fourth-order valence-corrected chi connectivity index (χ4v) is 4.20. The molecule has 0 saturated carbocycles. The minimum atomic E-state index is -3.79. The van der Waals surface area contributed by atoms with Gasteiger partial charge in [-0.1, -0.05) is 6.07 Å². The molecule has 0 fully saturated rings. The molecule has 0 amide bonds. The van der Waals surface area contributed by atoms with E-state index in [1.807, 2.05) is 12.3 Å². The zero-order valence-corrected chi connectivity index (χ0v) is 15.0. The molecule has 6 nitrogen and oxygen atoms in total. The van der Waals surface area contributed by atoms with Gasteiger partial charge in [0.05, 0.1) is 10.4 Å². The van der Waals surface area contributed by atoms with Crippen molar-refractivity contribution in [2.75, 3.05) is 11.0 Å². The molecule has 24 heavy (non-hydrogen) atoms. The molecular formula is C16H16N2O4S2. The standard InChI is InChI=1S/C16H16N2O4S2/c1-10-7-13-14(22-16(19)18(13)2)9-15(10)24(20,21)17-11-5-4-6-12(8-11)23-3/h4-9,17H,1-3H3. The molecule has 8 heteroatoms. The maximum absolute atomic E-state index is 12.7. The van der Waals surface area contributed by atoms with Crippen LogP contribution in [0.5, 0.6) is 0 Å². The Hall–Kier alpha value is -2.19. The molecule has 0 saturated heterocycles. The second-order valence-corrected chi connectivity index (χ2v) is 7.88. The van der Waals surface area contributed by atoms with E-state index in [0.29, 0.717) is 16.8 Å². The van der Waals surface area contributed by atoms with Crippen LogP contribution in [-0.2, 0) is 17.1 Å². The topological polar surface area (TPSA) is 81.3 Å². The van der Waals surface area contributed by atoms with Crippen molar-refractivity contribution in [3.05, 3.63) is 52.5 Å². The van der Waals surface area contributed by atoms with Gasteiger partial charge in [0, 0.05) is 23.7 Å². The van der Waals surface area contributed by atoms with E-state index in [2.05, 4.69) is 4.72 Å². The number of nitrogens with zero attached hydrogens (tertiary/aromatic N) is 1. The molecule has 3 rings (SSSR count). The maximum atomic E-state index is 12.7. The van der Waals surface area contributed by atoms with Gasteiger partial charge in [0.15, 0.2) is 5.58 Å². The van der Waals surface area contributed by atoms with Crippen LogP contribution in [0.4, 0.5) is 5.69 Å². The van der Waals surface area contributed by atoms with Gasteiger partial charge in [-0.15, -0.1) is 11.8 Å². The van der Waals surface area contributed by atoms with E-state index in [0.717, 1.165) is 4.90 Å². The molecule has 0 radical (unpaired) electrons. The normalized spacial score (nSPS) is 11.8. The molecule has 0 atom stereocenters. The third-order valence-corrected chi connectivity index (χ3v) is 5.95. The first-order valence-electron chi connectivity index (χ1n) is 7.09. The molecular weight excluding hydrogens is 348 g/mol. The van der Waals surface area contributed by atoms with Gasteiger partial charge in [-0.05, 0) is 43.0 Å². The lowest BCUT2D eigenvalue weighted by Crippen LogP contribution is -2.14. The second-order valence-electron chi connectivity index (χ2n) is 5.35. The summed E-state index contributed by atoms with van der Waals surface area (Å²) in [7, 11) is -2.22. The number of fused-ring (bicyclic) bond motifs is 1. The lowest BCUT2D eigenvalue weighted by Gasteiger charge is -2.11. The number of aromatic nitrogens is 1. The van der Waals surface area contributed by atoms with Crippen molar-refractivity contribution in [2.24, 2.45) is 7.05 Å². The Bertz CT molecular complexity index is 1080. The summed E-state index contributed by atoms with van der Waals surface area (Å²) in [5, 5.41) is 0. The SMILES string of the molecule is CSc1cccc(NS(=O)(=O)c2cc3oc(=O)n(C)c3cc2C)c1. The first-order chi connectivity index (χ1) is 11.3. The fourth-order valence-electron chi connectivity index (χ4n) is 2.45. The number of benzene rings is 2. The van der Waals surface area contributed by atoms with E-state index in [1.165, 1.54) is 22.4 Å². The lowest BCUT2D eigenvalue weighted by atomic mass is 10.2. The van der Waals surface area contributed by atoms with Crippen molar-refractivity contribution in [3.8, 4) is 0 Å². The molecule has 0 spiro atoms. The number of rotatable bonds is 4. The molecule has 2 aromatic carbocycles. The molecule has 126 valence electrons. The van der Waals surface area contributed by atoms with Gasteiger partial charge in [0.25, 0.3) is 10.0 Å². The average molecular weight is 364 g/mol. The van der Waals surface area contributed by atoms with Gasteiger partial charge < -0.3 is 4.42 Å². The number of nitrogens with one attached hydrogen (secondary N) is 1. The molecule has 0 aliphatic heterocycles. The molecule has 0 unspecified atom stereocenters. The highest BCUT2D eigenvalue weighted by molar-refractivity contribution is 7.98. The monoisotopic (exact) mass is 364 g/mol. The highest BCUT2D eigenvalue weighted by Crippen LogP contribution is 2.26. The summed E-state index contributed by atoms with van der Waals surface area (Å²) < 4.78 is 34.4. The van der Waals surface area contributed by atoms with E-state index in [1.54, 1.807) is 38.2 Å². The number of sulfonamides is 1. The largest absolute Gasteiger partial charge is 0.419 e. The Labute approximate surface area is 143 Å². The smallest absolute Gasteiger partial charge is 0.408 e. The summed E-state index contributed by atoms with van der Waals surface area (Å²) >= 11 is 1.53. The van der Waals surface area contributed by atoms with Crippen LogP contribution < -0.4 is 10.5 Å². The quantitative estimate of drug-likeness (QED) is 0.720. The summed E-state index contributed by atoms with van der Waals surface area (Å²) in [6.07, 6.45) is 1.92. The number of thioether (sulfide) groups is 1. The minimum Gasteiger partial charge on any atom is -0.408 e. The predicted molar refractivity (Wildman–Crippen MR) is 95.2 cm³/mol. The van der Waals surface area contributed by atoms with Crippen molar-refractivity contribution in [3.63, 3.8) is 0 Å². The zero-order chi connectivity index (χ0) is 17.5. The van der Waals surface area contributed by atoms with Crippen LogP contribution in [0.1, 0.15) is 5.56 Å². The first-order valence-corrected chi connectivity index (χ1v) is 9.79. The van der Waals surface area contributed by atoms with E-state index in [9.17, 15) is 13.2 Å². The number of aryl methyl sites for hydroxylation is 2. The summed E-state index contributed by atoms with van der Waals surface area (Å²) in [6.45, 7) is 1.68. The van der Waals surface area contributed by atoms with Crippen LogP contribution >= 0.6 is 11.8 Å². The van der Waals surface area contributed by atoms with Crippen molar-refractivity contribution < 1.29 is 12.8 Å². The zero-order valence-electron chi connectivity index (χ0n) is 13.4. The molecule has 1 heterocycles. The Kier molecular flexibility index (Phi) is 4.18. The third kappa shape index (κ3) is 2.94.